The van der Waals surface area contributed by atoms with Gasteiger partial charge in [-0.1, -0.05) is 39.2 Å². The van der Waals surface area contributed by atoms with Crippen LogP contribution >= 0.6 is 11.6 Å². The van der Waals surface area contributed by atoms with E-state index in [1.54, 1.807) is 6.08 Å². The smallest absolute Gasteiger partial charge is 0.0721 e. The Morgan fingerprint density at radius 3 is 2.47 bits per heavy atom. The summed E-state index contributed by atoms with van der Waals surface area (Å²) in [6.45, 7) is 7.98. The van der Waals surface area contributed by atoms with E-state index in [2.05, 4.69) is 20.4 Å². The van der Waals surface area contributed by atoms with Crippen molar-refractivity contribution in [3.63, 3.8) is 0 Å². The molecule has 0 aliphatic heterocycles. The minimum atomic E-state index is -0.632. The lowest BCUT2D eigenvalue weighted by atomic mass is 9.80. The summed E-state index contributed by atoms with van der Waals surface area (Å²) in [5.41, 5.74) is -0.632. The van der Waals surface area contributed by atoms with Crippen LogP contribution in [0.2, 0.25) is 0 Å². The molecule has 0 fully saturated rings. The third-order valence-electron chi connectivity index (χ3n) is 3.15. The minimum Gasteiger partial charge on any atom is -0.389 e. The van der Waals surface area contributed by atoms with Crippen molar-refractivity contribution in [1.82, 2.24) is 0 Å². The molecular formula is C13H25ClO. The summed E-state index contributed by atoms with van der Waals surface area (Å²) in [5, 5.41) is 10.5. The SMILES string of the molecule is C=CCC(O)(CCCCC)C(CC)CCl. The highest BCUT2D eigenvalue weighted by Crippen LogP contribution is 2.31. The molecule has 2 atom stereocenters. The van der Waals surface area contributed by atoms with Crippen LogP contribution in [0.3, 0.4) is 0 Å². The van der Waals surface area contributed by atoms with Gasteiger partial charge in [-0.2, -0.15) is 0 Å². The largest absolute Gasteiger partial charge is 0.389 e. The standard InChI is InChI=1S/C13H25ClO/c1-4-7-8-10-13(15,9-5-2)12(6-3)11-14/h5,12,15H,2,4,6-11H2,1,3H3. The van der Waals surface area contributed by atoms with Gasteiger partial charge in [0.1, 0.15) is 0 Å². The summed E-state index contributed by atoms with van der Waals surface area (Å²) in [7, 11) is 0. The lowest BCUT2D eigenvalue weighted by Crippen LogP contribution is -2.38. The molecule has 0 amide bonds. The molecule has 0 aromatic rings. The molecule has 15 heavy (non-hydrogen) atoms. The second kappa shape index (κ2) is 8.18. The third-order valence-corrected chi connectivity index (χ3v) is 3.52. The molecule has 0 saturated carbocycles. The maximum Gasteiger partial charge on any atom is 0.0721 e. The lowest BCUT2D eigenvalue weighted by molar-refractivity contribution is -0.0189. The molecule has 0 spiro atoms. The van der Waals surface area contributed by atoms with Crippen molar-refractivity contribution in [1.29, 1.82) is 0 Å². The second-order valence-corrected chi connectivity index (χ2v) is 4.62. The van der Waals surface area contributed by atoms with E-state index in [0.29, 0.717) is 12.3 Å². The zero-order valence-electron chi connectivity index (χ0n) is 10.1. The summed E-state index contributed by atoms with van der Waals surface area (Å²) in [6, 6.07) is 0. The number of rotatable bonds is 9. The van der Waals surface area contributed by atoms with Crippen molar-refractivity contribution in [2.75, 3.05) is 5.88 Å². The van der Waals surface area contributed by atoms with E-state index in [9.17, 15) is 5.11 Å². The van der Waals surface area contributed by atoms with Crippen molar-refractivity contribution in [2.45, 2.75) is 58.0 Å². The fourth-order valence-corrected chi connectivity index (χ4v) is 2.54. The first kappa shape index (κ1) is 15.0. The molecular weight excluding hydrogens is 208 g/mol. The van der Waals surface area contributed by atoms with Crippen molar-refractivity contribution < 1.29 is 5.11 Å². The van der Waals surface area contributed by atoms with E-state index in [1.807, 2.05) is 0 Å². The summed E-state index contributed by atoms with van der Waals surface area (Å²) in [4.78, 5) is 0. The molecule has 1 nitrogen and oxygen atoms in total. The Hall–Kier alpha value is -0.0100. The fourth-order valence-electron chi connectivity index (χ4n) is 2.04. The lowest BCUT2D eigenvalue weighted by Gasteiger charge is -2.34. The molecule has 0 heterocycles. The zero-order valence-corrected chi connectivity index (χ0v) is 10.9. The van der Waals surface area contributed by atoms with Crippen LogP contribution < -0.4 is 0 Å². The highest BCUT2D eigenvalue weighted by atomic mass is 35.5. The summed E-state index contributed by atoms with van der Waals surface area (Å²) in [6.07, 6.45) is 7.68. The van der Waals surface area contributed by atoms with E-state index in [4.69, 9.17) is 11.6 Å². The maximum absolute atomic E-state index is 10.5. The van der Waals surface area contributed by atoms with Gasteiger partial charge < -0.3 is 5.11 Å². The number of hydrogen-bond acceptors (Lipinski definition) is 1. The first-order chi connectivity index (χ1) is 7.14. The monoisotopic (exact) mass is 232 g/mol. The average Bonchev–Trinajstić information content (AvgIpc) is 2.20. The molecule has 0 rings (SSSR count). The molecule has 2 unspecified atom stereocenters. The van der Waals surface area contributed by atoms with Crippen LogP contribution in [0.5, 0.6) is 0 Å². The van der Waals surface area contributed by atoms with Crippen LogP contribution in [0.25, 0.3) is 0 Å². The van der Waals surface area contributed by atoms with Gasteiger partial charge in [-0.15, -0.1) is 18.2 Å². The molecule has 0 aromatic heterocycles. The van der Waals surface area contributed by atoms with Gasteiger partial charge in [-0.3, -0.25) is 0 Å². The van der Waals surface area contributed by atoms with Gasteiger partial charge in [0.05, 0.1) is 5.60 Å². The van der Waals surface area contributed by atoms with Crippen LogP contribution in [0.4, 0.5) is 0 Å². The zero-order chi connectivity index (χ0) is 11.7. The summed E-state index contributed by atoms with van der Waals surface area (Å²) in [5.74, 6) is 0.724. The molecule has 90 valence electrons. The quantitative estimate of drug-likeness (QED) is 0.360. The van der Waals surface area contributed by atoms with Gasteiger partial charge in [0.25, 0.3) is 0 Å². The first-order valence-corrected chi connectivity index (χ1v) is 6.57. The number of halogens is 1. The van der Waals surface area contributed by atoms with Crippen LogP contribution in [0, 0.1) is 5.92 Å². The molecule has 1 N–H and O–H groups in total. The van der Waals surface area contributed by atoms with E-state index in [-0.39, 0.29) is 5.92 Å². The molecule has 2 heteroatoms. The van der Waals surface area contributed by atoms with Crippen molar-refractivity contribution >= 4 is 11.6 Å². The molecule has 0 aliphatic carbocycles. The van der Waals surface area contributed by atoms with E-state index in [1.165, 1.54) is 12.8 Å². The maximum atomic E-state index is 10.5. The Kier molecular flexibility index (Phi) is 8.17. The van der Waals surface area contributed by atoms with Gasteiger partial charge in [-0.25, -0.2) is 0 Å². The van der Waals surface area contributed by atoms with Crippen LogP contribution in [-0.2, 0) is 0 Å². The summed E-state index contributed by atoms with van der Waals surface area (Å²) < 4.78 is 0. The topological polar surface area (TPSA) is 20.2 Å². The minimum absolute atomic E-state index is 0.189. The van der Waals surface area contributed by atoms with E-state index in [0.717, 1.165) is 19.3 Å². The van der Waals surface area contributed by atoms with Crippen LogP contribution in [0.1, 0.15) is 52.4 Å². The van der Waals surface area contributed by atoms with Gasteiger partial charge in [-0.05, 0) is 19.3 Å². The second-order valence-electron chi connectivity index (χ2n) is 4.31. The fraction of sp³-hybridized carbons (Fsp3) is 0.846. The number of hydrogen-bond donors (Lipinski definition) is 1. The molecule has 0 bridgehead atoms. The normalized spacial score (nSPS) is 17.1. The number of aliphatic hydroxyl groups is 1. The van der Waals surface area contributed by atoms with E-state index < -0.39 is 5.60 Å². The number of alkyl halides is 1. The third kappa shape index (κ3) is 5.03. The van der Waals surface area contributed by atoms with Gasteiger partial charge in [0.2, 0.25) is 0 Å². The van der Waals surface area contributed by atoms with Gasteiger partial charge in [0, 0.05) is 11.8 Å². The Balaban J connectivity index is 4.33. The number of unbranched alkanes of at least 4 members (excludes halogenated alkanes) is 2. The highest BCUT2D eigenvalue weighted by Gasteiger charge is 2.32. The van der Waals surface area contributed by atoms with Gasteiger partial charge >= 0.3 is 0 Å². The summed E-state index contributed by atoms with van der Waals surface area (Å²) >= 11 is 5.91. The van der Waals surface area contributed by atoms with Crippen LogP contribution in [0.15, 0.2) is 12.7 Å². The molecule has 0 aliphatic rings. The van der Waals surface area contributed by atoms with E-state index >= 15 is 0 Å². The molecule has 0 radical (unpaired) electrons. The predicted molar refractivity (Wildman–Crippen MR) is 68.4 cm³/mol. The van der Waals surface area contributed by atoms with Crippen molar-refractivity contribution in [2.24, 2.45) is 5.92 Å². The molecule has 0 saturated heterocycles. The van der Waals surface area contributed by atoms with Crippen LogP contribution in [-0.4, -0.2) is 16.6 Å². The Morgan fingerprint density at radius 1 is 1.40 bits per heavy atom. The van der Waals surface area contributed by atoms with Crippen molar-refractivity contribution in [3.8, 4) is 0 Å². The first-order valence-electron chi connectivity index (χ1n) is 6.03. The average molecular weight is 233 g/mol. The molecule has 0 aromatic carbocycles. The van der Waals surface area contributed by atoms with Crippen molar-refractivity contribution in [3.05, 3.63) is 12.7 Å². The highest BCUT2D eigenvalue weighted by molar-refractivity contribution is 6.18. The Labute approximate surface area is 99.5 Å². The van der Waals surface area contributed by atoms with Gasteiger partial charge in [0.15, 0.2) is 0 Å². The predicted octanol–water partition coefficient (Wildman–Crippen LogP) is 4.14. The Bertz CT molecular complexity index is 166. The Morgan fingerprint density at radius 2 is 2.07 bits per heavy atom.